The molecule has 1 aliphatic carbocycles. The van der Waals surface area contributed by atoms with Crippen LogP contribution < -0.4 is 5.73 Å². The Morgan fingerprint density at radius 3 is 3.16 bits per heavy atom. The van der Waals surface area contributed by atoms with Gasteiger partial charge in [-0.15, -0.1) is 0 Å². The van der Waals surface area contributed by atoms with E-state index in [0.717, 1.165) is 13.1 Å². The van der Waals surface area contributed by atoms with Crippen molar-refractivity contribution < 1.29 is 0 Å². The Bertz CT molecular complexity index is 615. The van der Waals surface area contributed by atoms with Crippen molar-refractivity contribution in [3.63, 3.8) is 0 Å². The van der Waals surface area contributed by atoms with Crippen molar-refractivity contribution in [2.24, 2.45) is 11.7 Å². The molecular formula is C16H21N3. The lowest BCUT2D eigenvalue weighted by atomic mass is 9.72. The molecule has 4 rings (SSSR count). The molecule has 0 bridgehead atoms. The number of nitrogens with zero attached hydrogens (tertiary/aromatic N) is 1. The Morgan fingerprint density at radius 1 is 1.42 bits per heavy atom. The fourth-order valence-corrected chi connectivity index (χ4v) is 4.22. The number of likely N-dealkylation sites (N-methyl/N-ethyl adjacent to an activating group) is 1. The molecule has 3 atom stereocenters. The molecule has 0 spiro atoms. The van der Waals surface area contributed by atoms with Crippen molar-refractivity contribution in [1.82, 2.24) is 9.88 Å². The van der Waals surface area contributed by atoms with Crippen LogP contribution in [0, 0.1) is 5.92 Å². The van der Waals surface area contributed by atoms with Crippen LogP contribution in [-0.2, 0) is 6.42 Å². The second kappa shape index (κ2) is 4.09. The molecule has 1 aromatic carbocycles. The van der Waals surface area contributed by atoms with Crippen molar-refractivity contribution in [3.05, 3.63) is 35.5 Å². The highest BCUT2D eigenvalue weighted by Gasteiger charge is 2.38. The number of hydrogen-bond donors (Lipinski definition) is 2. The summed E-state index contributed by atoms with van der Waals surface area (Å²) in [4.78, 5) is 5.95. The highest BCUT2D eigenvalue weighted by atomic mass is 15.1. The largest absolute Gasteiger partial charge is 0.361 e. The van der Waals surface area contributed by atoms with Crippen LogP contribution in [0.15, 0.2) is 24.4 Å². The zero-order valence-electron chi connectivity index (χ0n) is 11.4. The van der Waals surface area contributed by atoms with Gasteiger partial charge < -0.3 is 15.6 Å². The van der Waals surface area contributed by atoms with E-state index >= 15 is 0 Å². The maximum atomic E-state index is 5.93. The third-order valence-corrected chi connectivity index (χ3v) is 5.15. The Labute approximate surface area is 113 Å². The standard InChI is InChI=1S/C16H21N3/c1-19-9-10(7-17)5-13-12-3-2-4-14-16(12)11(8-18-14)6-15(13)19/h2-4,8,10,13,15,18H,5-7,9,17H2,1H3/t10?,13-,15+/m0/s1. The number of rotatable bonds is 1. The number of H-pyrrole nitrogens is 1. The first-order chi connectivity index (χ1) is 9.28. The average Bonchev–Trinajstić information content (AvgIpc) is 2.85. The first-order valence-corrected chi connectivity index (χ1v) is 7.27. The van der Waals surface area contributed by atoms with Crippen LogP contribution in [0.2, 0.25) is 0 Å². The van der Waals surface area contributed by atoms with Crippen molar-refractivity contribution in [1.29, 1.82) is 0 Å². The Kier molecular flexibility index (Phi) is 2.47. The van der Waals surface area contributed by atoms with Crippen LogP contribution in [0.1, 0.15) is 23.5 Å². The van der Waals surface area contributed by atoms with Gasteiger partial charge in [-0.25, -0.2) is 0 Å². The minimum absolute atomic E-state index is 0.641. The molecule has 2 aliphatic rings. The van der Waals surface area contributed by atoms with E-state index in [4.69, 9.17) is 5.73 Å². The first-order valence-electron chi connectivity index (χ1n) is 7.27. The highest BCUT2D eigenvalue weighted by molar-refractivity contribution is 5.88. The smallest absolute Gasteiger partial charge is 0.0459 e. The minimum Gasteiger partial charge on any atom is -0.361 e. The summed E-state index contributed by atoms with van der Waals surface area (Å²) in [5.74, 6) is 1.29. The summed E-state index contributed by atoms with van der Waals surface area (Å²) in [6.07, 6.45) is 4.62. The Balaban J connectivity index is 1.86. The second-order valence-electron chi connectivity index (χ2n) is 6.24. The number of nitrogens with two attached hydrogens (primary N) is 1. The number of benzene rings is 1. The summed E-state index contributed by atoms with van der Waals surface area (Å²) in [6, 6.07) is 7.35. The van der Waals surface area contributed by atoms with Gasteiger partial charge in [-0.1, -0.05) is 12.1 Å². The molecule has 1 saturated heterocycles. The first kappa shape index (κ1) is 11.5. The van der Waals surface area contributed by atoms with Gasteiger partial charge in [0.1, 0.15) is 0 Å². The topological polar surface area (TPSA) is 45.0 Å². The summed E-state index contributed by atoms with van der Waals surface area (Å²) < 4.78 is 0. The molecule has 0 saturated carbocycles. The van der Waals surface area contributed by atoms with E-state index in [0.29, 0.717) is 17.9 Å². The van der Waals surface area contributed by atoms with Crippen molar-refractivity contribution >= 4 is 10.9 Å². The number of aromatic amines is 1. The lowest BCUT2D eigenvalue weighted by molar-refractivity contribution is 0.115. The molecule has 3 N–H and O–H groups in total. The minimum atomic E-state index is 0.641. The predicted molar refractivity (Wildman–Crippen MR) is 78.3 cm³/mol. The molecule has 3 heteroatoms. The summed E-state index contributed by atoms with van der Waals surface area (Å²) in [5, 5.41) is 1.48. The SMILES string of the molecule is CN1CC(CN)C[C@H]2c3cccc4[nH]cc(c34)C[C@H]21. The van der Waals surface area contributed by atoms with Gasteiger partial charge in [0.15, 0.2) is 0 Å². The lowest BCUT2D eigenvalue weighted by Gasteiger charge is -2.45. The normalized spacial score (nSPS) is 30.5. The van der Waals surface area contributed by atoms with E-state index in [1.807, 2.05) is 0 Å². The number of nitrogens with one attached hydrogen (secondary N) is 1. The zero-order chi connectivity index (χ0) is 13.0. The third kappa shape index (κ3) is 1.58. The summed E-state index contributed by atoms with van der Waals surface area (Å²) in [7, 11) is 2.26. The summed E-state index contributed by atoms with van der Waals surface area (Å²) >= 11 is 0. The van der Waals surface area contributed by atoms with E-state index in [1.54, 1.807) is 0 Å². The number of hydrogen-bond acceptors (Lipinski definition) is 2. The van der Waals surface area contributed by atoms with Crippen molar-refractivity contribution in [3.8, 4) is 0 Å². The number of aromatic nitrogens is 1. The molecule has 0 amide bonds. The maximum absolute atomic E-state index is 5.93. The van der Waals surface area contributed by atoms with Crippen LogP contribution >= 0.6 is 0 Å². The predicted octanol–water partition coefficient (Wildman–Crippen LogP) is 2.09. The quantitative estimate of drug-likeness (QED) is 0.819. The van der Waals surface area contributed by atoms with Gasteiger partial charge in [0.2, 0.25) is 0 Å². The van der Waals surface area contributed by atoms with Gasteiger partial charge in [-0.2, -0.15) is 0 Å². The molecule has 2 aromatic rings. The molecule has 1 fully saturated rings. The molecule has 100 valence electrons. The van der Waals surface area contributed by atoms with Gasteiger partial charge in [-0.05, 0) is 49.5 Å². The number of fused-ring (bicyclic) bond motifs is 2. The lowest BCUT2D eigenvalue weighted by Crippen LogP contribution is -2.49. The zero-order valence-corrected chi connectivity index (χ0v) is 11.4. The fraction of sp³-hybridized carbons (Fsp3) is 0.500. The van der Waals surface area contributed by atoms with Gasteiger partial charge >= 0.3 is 0 Å². The Hall–Kier alpha value is -1.32. The Morgan fingerprint density at radius 2 is 2.32 bits per heavy atom. The van der Waals surface area contributed by atoms with Gasteiger partial charge in [0, 0.05) is 35.6 Å². The third-order valence-electron chi connectivity index (χ3n) is 5.15. The molecular weight excluding hydrogens is 234 g/mol. The highest BCUT2D eigenvalue weighted by Crippen LogP contribution is 2.43. The second-order valence-corrected chi connectivity index (χ2v) is 6.24. The fourth-order valence-electron chi connectivity index (χ4n) is 4.22. The van der Waals surface area contributed by atoms with Gasteiger partial charge in [0.25, 0.3) is 0 Å². The molecule has 1 aromatic heterocycles. The van der Waals surface area contributed by atoms with Gasteiger partial charge in [-0.3, -0.25) is 0 Å². The summed E-state index contributed by atoms with van der Waals surface area (Å²) in [6.45, 7) is 1.96. The molecule has 0 radical (unpaired) electrons. The van der Waals surface area contributed by atoms with Crippen LogP contribution in [0.25, 0.3) is 10.9 Å². The van der Waals surface area contributed by atoms with Gasteiger partial charge in [0.05, 0.1) is 0 Å². The van der Waals surface area contributed by atoms with E-state index in [9.17, 15) is 0 Å². The monoisotopic (exact) mass is 255 g/mol. The van der Waals surface area contributed by atoms with Crippen molar-refractivity contribution in [2.45, 2.75) is 24.8 Å². The van der Waals surface area contributed by atoms with Crippen LogP contribution in [0.4, 0.5) is 0 Å². The molecule has 1 aliphatic heterocycles. The molecule has 3 nitrogen and oxygen atoms in total. The number of likely N-dealkylation sites (tertiary alicyclic amines) is 1. The number of piperidine rings is 1. The van der Waals surface area contributed by atoms with E-state index in [1.165, 1.54) is 34.9 Å². The average molecular weight is 255 g/mol. The van der Waals surface area contributed by atoms with Crippen molar-refractivity contribution in [2.75, 3.05) is 20.1 Å². The van der Waals surface area contributed by atoms with Crippen LogP contribution in [0.3, 0.4) is 0 Å². The van der Waals surface area contributed by atoms with E-state index in [2.05, 4.69) is 41.3 Å². The van der Waals surface area contributed by atoms with E-state index in [-0.39, 0.29) is 0 Å². The molecule has 1 unspecified atom stereocenters. The summed E-state index contributed by atoms with van der Waals surface area (Å²) in [5.41, 5.74) is 10.2. The van der Waals surface area contributed by atoms with E-state index < -0.39 is 0 Å². The van der Waals surface area contributed by atoms with Crippen LogP contribution in [0.5, 0.6) is 0 Å². The maximum Gasteiger partial charge on any atom is 0.0459 e. The molecule has 2 heterocycles. The molecule has 19 heavy (non-hydrogen) atoms. The van der Waals surface area contributed by atoms with Crippen LogP contribution in [-0.4, -0.2) is 36.1 Å².